The van der Waals surface area contributed by atoms with E-state index in [2.05, 4.69) is 9.88 Å². The summed E-state index contributed by atoms with van der Waals surface area (Å²) in [6, 6.07) is 3.84. The number of piperidine rings is 1. The molecule has 1 aliphatic rings. The normalized spacial score (nSPS) is 16.9. The molecule has 1 aromatic carbocycles. The monoisotopic (exact) mass is 292 g/mol. The molecular weight excluding hydrogens is 271 g/mol. The molecule has 2 nitrogen and oxygen atoms in total. The highest BCUT2D eigenvalue weighted by atomic mass is 32.2. The zero-order valence-corrected chi connectivity index (χ0v) is 12.7. The molecule has 0 atom stereocenters. The fourth-order valence-electron chi connectivity index (χ4n) is 3.04. The number of benzene rings is 1. The average Bonchev–Trinajstić information content (AvgIpc) is 2.91. The van der Waals surface area contributed by atoms with Crippen molar-refractivity contribution in [2.45, 2.75) is 30.6 Å². The van der Waals surface area contributed by atoms with Crippen molar-refractivity contribution in [2.75, 3.05) is 25.9 Å². The fourth-order valence-corrected chi connectivity index (χ4v) is 3.53. The highest BCUT2D eigenvalue weighted by molar-refractivity contribution is 7.98. The second kappa shape index (κ2) is 6.19. The van der Waals surface area contributed by atoms with Crippen LogP contribution < -0.4 is 0 Å². The lowest BCUT2D eigenvalue weighted by atomic mass is 10.1. The Morgan fingerprint density at radius 3 is 2.80 bits per heavy atom. The van der Waals surface area contributed by atoms with Crippen LogP contribution in [0.1, 0.15) is 24.8 Å². The number of aromatic amines is 1. The lowest BCUT2D eigenvalue weighted by molar-refractivity contribution is 0.231. The zero-order valence-electron chi connectivity index (χ0n) is 11.9. The van der Waals surface area contributed by atoms with E-state index in [0.717, 1.165) is 34.3 Å². The summed E-state index contributed by atoms with van der Waals surface area (Å²) >= 11 is 1.47. The molecule has 20 heavy (non-hydrogen) atoms. The van der Waals surface area contributed by atoms with E-state index in [0.29, 0.717) is 0 Å². The van der Waals surface area contributed by atoms with Gasteiger partial charge in [-0.3, -0.25) is 0 Å². The highest BCUT2D eigenvalue weighted by Gasteiger charge is 2.14. The molecule has 108 valence electrons. The van der Waals surface area contributed by atoms with Gasteiger partial charge in [0.2, 0.25) is 0 Å². The van der Waals surface area contributed by atoms with Gasteiger partial charge in [-0.1, -0.05) is 6.42 Å². The van der Waals surface area contributed by atoms with Crippen molar-refractivity contribution in [1.29, 1.82) is 0 Å². The van der Waals surface area contributed by atoms with E-state index in [1.807, 2.05) is 24.6 Å². The molecule has 4 heteroatoms. The molecule has 1 fully saturated rings. The molecule has 0 unspecified atom stereocenters. The van der Waals surface area contributed by atoms with Gasteiger partial charge in [0.1, 0.15) is 5.82 Å². The smallest absolute Gasteiger partial charge is 0.146 e. The largest absolute Gasteiger partial charge is 0.361 e. The Bertz CT molecular complexity index is 587. The summed E-state index contributed by atoms with van der Waals surface area (Å²) in [6.07, 6.45) is 8.79. The van der Waals surface area contributed by atoms with E-state index >= 15 is 0 Å². The molecule has 1 N–H and O–H groups in total. The van der Waals surface area contributed by atoms with Gasteiger partial charge in [0.15, 0.2) is 0 Å². The van der Waals surface area contributed by atoms with Crippen LogP contribution >= 0.6 is 11.8 Å². The molecule has 2 heterocycles. The minimum absolute atomic E-state index is 0.0649. The summed E-state index contributed by atoms with van der Waals surface area (Å²) < 4.78 is 14.5. The minimum Gasteiger partial charge on any atom is -0.361 e. The van der Waals surface area contributed by atoms with Crippen LogP contribution in [0.2, 0.25) is 0 Å². The molecule has 0 amide bonds. The van der Waals surface area contributed by atoms with E-state index in [1.165, 1.54) is 44.1 Å². The summed E-state index contributed by atoms with van der Waals surface area (Å²) in [5.41, 5.74) is 2.02. The second-order valence-electron chi connectivity index (χ2n) is 5.47. The van der Waals surface area contributed by atoms with E-state index in [-0.39, 0.29) is 5.82 Å². The Kier molecular flexibility index (Phi) is 4.32. The third-order valence-corrected chi connectivity index (χ3v) is 4.95. The van der Waals surface area contributed by atoms with Crippen LogP contribution in [0.15, 0.2) is 23.2 Å². The number of hydrogen-bond acceptors (Lipinski definition) is 2. The molecule has 1 saturated heterocycles. The Hall–Kier alpha value is -1.00. The summed E-state index contributed by atoms with van der Waals surface area (Å²) in [6.45, 7) is 3.43. The van der Waals surface area contributed by atoms with Crippen LogP contribution in [0.25, 0.3) is 10.9 Å². The van der Waals surface area contributed by atoms with E-state index < -0.39 is 0 Å². The molecule has 3 rings (SSSR count). The Morgan fingerprint density at radius 1 is 1.25 bits per heavy atom. The number of rotatable bonds is 4. The molecule has 0 spiro atoms. The lowest BCUT2D eigenvalue weighted by Crippen LogP contribution is -2.31. The summed E-state index contributed by atoms with van der Waals surface area (Å²) in [7, 11) is 0. The Balaban J connectivity index is 1.80. The van der Waals surface area contributed by atoms with Gasteiger partial charge in [-0.25, -0.2) is 4.39 Å². The zero-order chi connectivity index (χ0) is 13.9. The molecule has 0 saturated carbocycles. The molecule has 0 aliphatic carbocycles. The van der Waals surface area contributed by atoms with Gasteiger partial charge >= 0.3 is 0 Å². The number of aromatic nitrogens is 1. The van der Waals surface area contributed by atoms with Crippen LogP contribution in [0.4, 0.5) is 4.39 Å². The second-order valence-corrected chi connectivity index (χ2v) is 6.32. The van der Waals surface area contributed by atoms with Crippen molar-refractivity contribution < 1.29 is 4.39 Å². The average molecular weight is 292 g/mol. The highest BCUT2D eigenvalue weighted by Crippen LogP contribution is 2.29. The molecule has 1 aromatic heterocycles. The van der Waals surface area contributed by atoms with Crippen LogP contribution in [0, 0.1) is 5.82 Å². The fraction of sp³-hybridized carbons (Fsp3) is 0.500. The maximum absolute atomic E-state index is 14.5. The number of thioether (sulfide) groups is 1. The van der Waals surface area contributed by atoms with Crippen LogP contribution in [-0.2, 0) is 6.42 Å². The van der Waals surface area contributed by atoms with Gasteiger partial charge in [0.05, 0.1) is 0 Å². The van der Waals surface area contributed by atoms with Crippen molar-refractivity contribution in [3.8, 4) is 0 Å². The van der Waals surface area contributed by atoms with Crippen molar-refractivity contribution >= 4 is 22.7 Å². The number of hydrogen-bond donors (Lipinski definition) is 1. The van der Waals surface area contributed by atoms with Gasteiger partial charge < -0.3 is 9.88 Å². The predicted molar refractivity (Wildman–Crippen MR) is 84.0 cm³/mol. The number of nitrogens with zero attached hydrogens (tertiary/aromatic N) is 1. The standard InChI is InChI=1S/C16H21FN2S/c1-20-14-6-5-13-15(16(14)17)12(11-18-13)7-10-19-8-3-2-4-9-19/h5-6,11,18H,2-4,7-10H2,1H3. The molecule has 1 aliphatic heterocycles. The lowest BCUT2D eigenvalue weighted by Gasteiger charge is -2.26. The first kappa shape index (κ1) is 14.0. The summed E-state index contributed by atoms with van der Waals surface area (Å²) in [4.78, 5) is 6.43. The van der Waals surface area contributed by atoms with Crippen molar-refractivity contribution in [2.24, 2.45) is 0 Å². The Labute approximate surface area is 123 Å². The van der Waals surface area contributed by atoms with Crippen LogP contribution in [-0.4, -0.2) is 35.8 Å². The first-order valence-electron chi connectivity index (χ1n) is 7.34. The van der Waals surface area contributed by atoms with Crippen LogP contribution in [0.5, 0.6) is 0 Å². The first-order valence-corrected chi connectivity index (χ1v) is 8.57. The van der Waals surface area contributed by atoms with E-state index in [1.54, 1.807) is 0 Å². The maximum atomic E-state index is 14.5. The van der Waals surface area contributed by atoms with Crippen molar-refractivity contribution in [1.82, 2.24) is 9.88 Å². The van der Waals surface area contributed by atoms with Crippen molar-refractivity contribution in [3.63, 3.8) is 0 Å². The van der Waals surface area contributed by atoms with E-state index in [4.69, 9.17) is 0 Å². The third kappa shape index (κ3) is 2.72. The SMILES string of the molecule is CSc1ccc2[nH]cc(CCN3CCCCC3)c2c1F. The third-order valence-electron chi connectivity index (χ3n) is 4.20. The van der Waals surface area contributed by atoms with Gasteiger partial charge in [0.25, 0.3) is 0 Å². The quantitative estimate of drug-likeness (QED) is 0.857. The first-order chi connectivity index (χ1) is 9.79. The molecule has 0 bridgehead atoms. The van der Waals surface area contributed by atoms with Gasteiger partial charge in [-0.15, -0.1) is 11.8 Å². The minimum atomic E-state index is -0.0649. The molecule has 0 radical (unpaired) electrons. The Morgan fingerprint density at radius 2 is 2.05 bits per heavy atom. The molecule has 2 aromatic rings. The topological polar surface area (TPSA) is 19.0 Å². The molecular formula is C16H21FN2S. The van der Waals surface area contributed by atoms with Crippen LogP contribution in [0.3, 0.4) is 0 Å². The van der Waals surface area contributed by atoms with Crippen molar-refractivity contribution in [3.05, 3.63) is 29.7 Å². The van der Waals surface area contributed by atoms with Gasteiger partial charge in [-0.05, 0) is 56.3 Å². The maximum Gasteiger partial charge on any atom is 0.146 e. The summed E-state index contributed by atoms with van der Waals surface area (Å²) in [5.74, 6) is -0.0649. The number of fused-ring (bicyclic) bond motifs is 1. The van der Waals surface area contributed by atoms with Gasteiger partial charge in [-0.2, -0.15) is 0 Å². The predicted octanol–water partition coefficient (Wildman–Crippen LogP) is 4.06. The number of halogens is 1. The number of likely N-dealkylation sites (tertiary alicyclic amines) is 1. The number of nitrogens with one attached hydrogen (secondary N) is 1. The number of H-pyrrole nitrogens is 1. The van der Waals surface area contributed by atoms with E-state index in [9.17, 15) is 4.39 Å². The van der Waals surface area contributed by atoms with Gasteiger partial charge in [0, 0.05) is 28.5 Å². The summed E-state index contributed by atoms with van der Waals surface area (Å²) in [5, 5.41) is 0.786.